The number of nitrogen functional groups attached to an aromatic ring is 1. The number of benzene rings is 2. The van der Waals surface area contributed by atoms with Gasteiger partial charge in [-0.15, -0.1) is 10.2 Å². The molecule has 0 saturated heterocycles. The molecule has 0 aliphatic carbocycles. The third kappa shape index (κ3) is 8.42. The number of fused-ring (bicyclic) bond motifs is 1. The summed E-state index contributed by atoms with van der Waals surface area (Å²) in [6.45, 7) is 0.816. The smallest absolute Gasteiger partial charge is 0.430 e. The van der Waals surface area contributed by atoms with Crippen molar-refractivity contribution in [2.24, 2.45) is 5.14 Å². The van der Waals surface area contributed by atoms with Crippen LogP contribution in [-0.4, -0.2) is 93.3 Å². The summed E-state index contributed by atoms with van der Waals surface area (Å²) in [6.07, 6.45) is -4.66. The molecule has 21 heteroatoms. The van der Waals surface area contributed by atoms with E-state index in [9.17, 15) is 30.0 Å². The van der Waals surface area contributed by atoms with Gasteiger partial charge in [0.1, 0.15) is 15.8 Å². The number of anilines is 1. The molecule has 2 aromatic heterocycles. The van der Waals surface area contributed by atoms with Crippen LogP contribution in [0.2, 0.25) is 0 Å². The second-order valence-electron chi connectivity index (χ2n) is 9.85. The van der Waals surface area contributed by atoms with E-state index in [0.717, 1.165) is 4.70 Å². The average Bonchev–Trinajstić information content (AvgIpc) is 3.53. The van der Waals surface area contributed by atoms with Crippen LogP contribution < -0.4 is 20.7 Å². The van der Waals surface area contributed by atoms with Crippen LogP contribution in [0.5, 0.6) is 0 Å². The number of nitrogens with one attached hydrogen (secondary N) is 2. The van der Waals surface area contributed by atoms with Gasteiger partial charge in [-0.05, 0) is 22.9 Å². The molecule has 0 radical (unpaired) electrons. The number of halogens is 3. The predicted octanol–water partition coefficient (Wildman–Crippen LogP) is 0.0462. The van der Waals surface area contributed by atoms with Crippen molar-refractivity contribution in [1.29, 1.82) is 0 Å². The Kier molecular flexibility index (Phi) is 9.78. The fourth-order valence-electron chi connectivity index (χ4n) is 3.79. The standard InChI is InChI=1S/C20H26N9O4S3.C2HF3O2/c1-29(2,3)11-5-10-23-36(32,33)15-9-8-12(13-6-4-7-14-17(13)24-20(21)34-14)16(18(15)35(22,30)31)19-25-27-28-26-19;3-2(4,5)1(6)7/h4,6-9,23H,5,10-11H2,1-3H3,(H2,21,24)(H2,22,30,31)(H,25,26,27,28);(H,6,7)/q+1;/p-1. The first-order chi connectivity index (χ1) is 19.7. The number of primary sulfonamides is 1. The van der Waals surface area contributed by atoms with Gasteiger partial charge in [0.15, 0.2) is 5.13 Å². The number of thiazole rings is 1. The lowest BCUT2D eigenvalue weighted by Crippen LogP contribution is -2.37. The molecule has 2 heterocycles. The first-order valence-corrected chi connectivity index (χ1v) is 15.7. The van der Waals surface area contributed by atoms with Crippen molar-refractivity contribution in [2.75, 3.05) is 40.0 Å². The maximum atomic E-state index is 13.3. The minimum Gasteiger partial charge on any atom is -0.542 e. The molecular formula is C22H26F3N9O6S3. The van der Waals surface area contributed by atoms with Gasteiger partial charge in [0.25, 0.3) is 0 Å². The zero-order chi connectivity index (χ0) is 32.4. The van der Waals surface area contributed by atoms with Gasteiger partial charge >= 0.3 is 6.18 Å². The Balaban J connectivity index is 0.000000646. The summed E-state index contributed by atoms with van der Waals surface area (Å²) in [5, 5.41) is 28.4. The van der Waals surface area contributed by atoms with Crippen molar-refractivity contribution >= 4 is 52.7 Å². The zero-order valence-electron chi connectivity index (χ0n) is 22.7. The maximum absolute atomic E-state index is 13.3. The molecule has 0 saturated carbocycles. The number of aliphatic carboxylic acids is 1. The zero-order valence-corrected chi connectivity index (χ0v) is 25.2. The number of alkyl halides is 3. The molecule has 0 bridgehead atoms. The molecule has 0 fully saturated rings. The summed E-state index contributed by atoms with van der Waals surface area (Å²) in [5.41, 5.74) is 7.11. The number of nitrogens with two attached hydrogens (primary N) is 2. The highest BCUT2D eigenvalue weighted by atomic mass is 32.2. The minimum absolute atomic E-state index is 0.110. The second kappa shape index (κ2) is 12.5. The molecule has 0 atom stereocenters. The monoisotopic (exact) mass is 665 g/mol. The highest BCUT2D eigenvalue weighted by Crippen LogP contribution is 2.41. The lowest BCUT2D eigenvalue weighted by Gasteiger charge is -2.23. The molecule has 0 unspecified atom stereocenters. The molecule has 0 aliphatic heterocycles. The van der Waals surface area contributed by atoms with Crippen LogP contribution in [0.15, 0.2) is 40.1 Å². The molecule has 234 valence electrons. The molecule has 0 amide bonds. The Morgan fingerprint density at radius 1 is 1.12 bits per heavy atom. The topological polar surface area (TPSA) is 240 Å². The number of hydrogen-bond acceptors (Lipinski definition) is 12. The molecule has 4 rings (SSSR count). The van der Waals surface area contributed by atoms with E-state index in [1.165, 1.54) is 23.5 Å². The number of rotatable bonds is 9. The van der Waals surface area contributed by atoms with Crippen LogP contribution in [0.4, 0.5) is 18.3 Å². The van der Waals surface area contributed by atoms with Crippen molar-refractivity contribution < 1.29 is 44.4 Å². The van der Waals surface area contributed by atoms with Crippen LogP contribution in [0, 0.1) is 0 Å². The van der Waals surface area contributed by atoms with E-state index in [2.05, 4.69) is 30.3 Å². The number of para-hydroxylation sites is 1. The normalized spacial score (nSPS) is 12.6. The van der Waals surface area contributed by atoms with Crippen LogP contribution in [0.3, 0.4) is 0 Å². The number of H-pyrrole nitrogens is 1. The van der Waals surface area contributed by atoms with E-state index >= 15 is 0 Å². The minimum atomic E-state index is -5.19. The van der Waals surface area contributed by atoms with Gasteiger partial charge in [0.05, 0.1) is 43.5 Å². The highest BCUT2D eigenvalue weighted by molar-refractivity contribution is 7.92. The molecule has 4 aromatic rings. The van der Waals surface area contributed by atoms with Crippen LogP contribution in [0.25, 0.3) is 32.7 Å². The second-order valence-corrected chi connectivity index (χ2v) is 14.1. The van der Waals surface area contributed by atoms with Crippen LogP contribution in [0.1, 0.15) is 6.42 Å². The molecule has 6 N–H and O–H groups in total. The quantitative estimate of drug-likeness (QED) is 0.137. The SMILES string of the molecule is C[N+](C)(C)CCCNS(=O)(=O)c1ccc(-c2cccc3sc(N)nc23)c(-c2nn[nH]n2)c1S(N)(=O)=O.O=C([O-])C(F)(F)F. The molecule has 0 spiro atoms. The number of tetrazole rings is 1. The summed E-state index contributed by atoms with van der Waals surface area (Å²) in [5.74, 6) is -3.15. The van der Waals surface area contributed by atoms with E-state index in [0.29, 0.717) is 39.2 Å². The Labute approximate surface area is 247 Å². The molecule has 0 aliphatic rings. The lowest BCUT2D eigenvalue weighted by molar-refractivity contribution is -0.870. The van der Waals surface area contributed by atoms with Gasteiger partial charge in [-0.25, -0.2) is 31.7 Å². The number of hydrogen-bond donors (Lipinski definition) is 4. The number of aromatic nitrogens is 5. The summed E-state index contributed by atoms with van der Waals surface area (Å²) < 4.78 is 87.8. The number of carbonyl (C=O) groups excluding carboxylic acids is 1. The highest BCUT2D eigenvalue weighted by Gasteiger charge is 2.32. The summed E-state index contributed by atoms with van der Waals surface area (Å²) in [7, 11) is -2.91. The molecular weight excluding hydrogens is 639 g/mol. The van der Waals surface area contributed by atoms with Crippen molar-refractivity contribution in [3.05, 3.63) is 30.3 Å². The number of carbonyl (C=O) groups is 1. The van der Waals surface area contributed by atoms with E-state index in [1.54, 1.807) is 12.1 Å². The first-order valence-electron chi connectivity index (χ1n) is 11.9. The van der Waals surface area contributed by atoms with Gasteiger partial charge in [0, 0.05) is 18.5 Å². The van der Waals surface area contributed by atoms with Crippen molar-refractivity contribution in [1.82, 2.24) is 30.3 Å². The Bertz CT molecular complexity index is 1840. The number of quaternary nitrogens is 1. The molecule has 15 nitrogen and oxygen atoms in total. The van der Waals surface area contributed by atoms with Crippen molar-refractivity contribution in [3.8, 4) is 22.5 Å². The predicted molar refractivity (Wildman–Crippen MR) is 148 cm³/mol. The van der Waals surface area contributed by atoms with Crippen LogP contribution in [-0.2, 0) is 24.8 Å². The number of carboxylic acid groups (broad SMARTS) is 1. The molecule has 43 heavy (non-hydrogen) atoms. The molecule has 2 aromatic carbocycles. The van der Waals surface area contributed by atoms with Gasteiger partial charge in [-0.2, -0.15) is 18.4 Å². The maximum Gasteiger partial charge on any atom is 0.430 e. The van der Waals surface area contributed by atoms with E-state index in [1.807, 2.05) is 27.2 Å². The Morgan fingerprint density at radius 3 is 2.30 bits per heavy atom. The fraction of sp³-hybridized carbons (Fsp3) is 0.318. The van der Waals surface area contributed by atoms with E-state index in [-0.39, 0.29) is 17.9 Å². The lowest BCUT2D eigenvalue weighted by atomic mass is 9.98. The van der Waals surface area contributed by atoms with Gasteiger partial charge in [0.2, 0.25) is 25.9 Å². The van der Waals surface area contributed by atoms with Gasteiger partial charge in [-0.3, -0.25) is 0 Å². The van der Waals surface area contributed by atoms with Crippen molar-refractivity contribution in [2.45, 2.75) is 22.4 Å². The fourth-order valence-corrected chi connectivity index (χ4v) is 7.23. The third-order valence-corrected chi connectivity index (χ3v) is 8.99. The third-order valence-electron chi connectivity index (χ3n) is 5.52. The average molecular weight is 666 g/mol. The van der Waals surface area contributed by atoms with Crippen LogP contribution >= 0.6 is 11.3 Å². The summed E-state index contributed by atoms with van der Waals surface area (Å²) >= 11 is 1.26. The van der Waals surface area contributed by atoms with Crippen molar-refractivity contribution in [3.63, 3.8) is 0 Å². The first kappa shape index (κ1) is 33.7. The summed E-state index contributed by atoms with van der Waals surface area (Å²) in [4.78, 5) is 12.0. The largest absolute Gasteiger partial charge is 0.542 e. The number of nitrogens with zero attached hydrogens (tertiary/aromatic N) is 5. The summed E-state index contributed by atoms with van der Waals surface area (Å²) in [6, 6.07) is 7.97. The number of aromatic amines is 1. The van der Waals surface area contributed by atoms with Gasteiger partial charge < -0.3 is 20.1 Å². The van der Waals surface area contributed by atoms with E-state index in [4.69, 9.17) is 20.8 Å². The van der Waals surface area contributed by atoms with E-state index < -0.39 is 42.0 Å². The Hall–Kier alpha value is -3.76. The number of sulfonamides is 2. The Morgan fingerprint density at radius 2 is 1.77 bits per heavy atom. The van der Waals surface area contributed by atoms with Gasteiger partial charge in [-0.1, -0.05) is 29.5 Å². The number of carboxylic acids is 1.